The van der Waals surface area contributed by atoms with Gasteiger partial charge in [-0.2, -0.15) is 0 Å². The van der Waals surface area contributed by atoms with Crippen molar-refractivity contribution in [3.05, 3.63) is 34.0 Å². The number of primary amides is 1. The van der Waals surface area contributed by atoms with Crippen LogP contribution in [0.4, 0.5) is 0 Å². The largest absolute Gasteiger partial charge is 0.366 e. The number of amides is 1. The molecule has 1 heterocycles. The van der Waals surface area contributed by atoms with Crippen LogP contribution in [0.5, 0.6) is 0 Å². The lowest BCUT2D eigenvalue weighted by Crippen LogP contribution is -2.25. The zero-order valence-electron chi connectivity index (χ0n) is 8.40. The van der Waals surface area contributed by atoms with Crippen molar-refractivity contribution >= 4 is 17.2 Å². The van der Waals surface area contributed by atoms with E-state index in [4.69, 9.17) is 5.73 Å². The molecule has 0 spiro atoms. The number of nitrogens with two attached hydrogens (primary N) is 1. The summed E-state index contributed by atoms with van der Waals surface area (Å²) < 4.78 is 0. The molecular formula is C11H14N2OS. The molecule has 0 aromatic carbocycles. The minimum atomic E-state index is -0.347. The van der Waals surface area contributed by atoms with Crippen LogP contribution in [0.3, 0.4) is 0 Å². The van der Waals surface area contributed by atoms with Crippen molar-refractivity contribution in [3.8, 4) is 0 Å². The standard InChI is InChI=1S/C11H14N2OS/c12-11(14)8-5-10(15-7-8)6-13-9-3-1-2-4-9/h1-2,5,7,9,13H,3-4,6H2,(H2,12,14). The minimum Gasteiger partial charge on any atom is -0.366 e. The van der Waals surface area contributed by atoms with E-state index in [-0.39, 0.29) is 5.91 Å². The Bertz CT molecular complexity index is 376. The molecule has 1 aliphatic rings. The van der Waals surface area contributed by atoms with Gasteiger partial charge in [-0.15, -0.1) is 11.3 Å². The predicted octanol–water partition coefficient (Wildman–Crippen LogP) is 1.66. The van der Waals surface area contributed by atoms with Gasteiger partial charge in [-0.3, -0.25) is 4.79 Å². The van der Waals surface area contributed by atoms with Crippen LogP contribution in [0.1, 0.15) is 28.1 Å². The van der Waals surface area contributed by atoms with Gasteiger partial charge in [0.15, 0.2) is 0 Å². The highest BCUT2D eigenvalue weighted by Crippen LogP contribution is 2.16. The van der Waals surface area contributed by atoms with Crippen molar-refractivity contribution in [2.75, 3.05) is 0 Å². The van der Waals surface area contributed by atoms with Gasteiger partial charge in [0.2, 0.25) is 5.91 Å². The molecule has 0 unspecified atom stereocenters. The molecule has 15 heavy (non-hydrogen) atoms. The SMILES string of the molecule is NC(=O)c1csc(CNC2CC=CC2)c1. The molecule has 4 heteroatoms. The Labute approximate surface area is 93.0 Å². The number of carbonyl (C=O) groups is 1. The molecule has 0 saturated carbocycles. The Hall–Kier alpha value is -1.13. The van der Waals surface area contributed by atoms with Crippen LogP contribution in [0.25, 0.3) is 0 Å². The van der Waals surface area contributed by atoms with Crippen LogP contribution in [-0.4, -0.2) is 11.9 Å². The molecule has 0 aliphatic heterocycles. The Balaban J connectivity index is 1.85. The number of thiophene rings is 1. The Morgan fingerprint density at radius 3 is 2.87 bits per heavy atom. The first-order chi connectivity index (χ1) is 7.25. The lowest BCUT2D eigenvalue weighted by molar-refractivity contribution is 0.100. The molecule has 3 nitrogen and oxygen atoms in total. The van der Waals surface area contributed by atoms with E-state index in [2.05, 4.69) is 17.5 Å². The number of nitrogens with one attached hydrogen (secondary N) is 1. The van der Waals surface area contributed by atoms with Gasteiger partial charge in [-0.05, 0) is 18.9 Å². The average Bonchev–Trinajstić information content (AvgIpc) is 2.86. The zero-order valence-corrected chi connectivity index (χ0v) is 9.22. The average molecular weight is 222 g/mol. The van der Waals surface area contributed by atoms with Gasteiger partial charge in [0, 0.05) is 22.8 Å². The number of rotatable bonds is 4. The maximum atomic E-state index is 10.9. The highest BCUT2D eigenvalue weighted by atomic mass is 32.1. The first-order valence-corrected chi connectivity index (χ1v) is 5.89. The molecule has 1 aromatic rings. The quantitative estimate of drug-likeness (QED) is 0.761. The third kappa shape index (κ3) is 2.67. The van der Waals surface area contributed by atoms with Gasteiger partial charge in [-0.25, -0.2) is 0 Å². The second-order valence-electron chi connectivity index (χ2n) is 3.69. The molecule has 80 valence electrons. The summed E-state index contributed by atoms with van der Waals surface area (Å²) in [7, 11) is 0. The molecular weight excluding hydrogens is 208 g/mol. The van der Waals surface area contributed by atoms with Crippen LogP contribution in [0.2, 0.25) is 0 Å². The maximum Gasteiger partial charge on any atom is 0.249 e. The van der Waals surface area contributed by atoms with Crippen molar-refractivity contribution in [1.82, 2.24) is 5.32 Å². The van der Waals surface area contributed by atoms with Crippen LogP contribution in [0.15, 0.2) is 23.6 Å². The summed E-state index contributed by atoms with van der Waals surface area (Å²) in [6, 6.07) is 2.42. The summed E-state index contributed by atoms with van der Waals surface area (Å²) in [6.07, 6.45) is 6.60. The third-order valence-corrected chi connectivity index (χ3v) is 3.45. The first-order valence-electron chi connectivity index (χ1n) is 5.01. The van der Waals surface area contributed by atoms with Crippen LogP contribution >= 0.6 is 11.3 Å². The molecule has 0 atom stereocenters. The van der Waals surface area contributed by atoms with E-state index in [0.717, 1.165) is 24.3 Å². The molecule has 0 fully saturated rings. The van der Waals surface area contributed by atoms with E-state index in [1.54, 1.807) is 11.3 Å². The van der Waals surface area contributed by atoms with Crippen molar-refractivity contribution in [2.45, 2.75) is 25.4 Å². The lowest BCUT2D eigenvalue weighted by atomic mass is 10.2. The smallest absolute Gasteiger partial charge is 0.249 e. The second-order valence-corrected chi connectivity index (χ2v) is 4.68. The summed E-state index contributed by atoms with van der Waals surface area (Å²) in [5.74, 6) is -0.347. The van der Waals surface area contributed by atoms with E-state index in [9.17, 15) is 4.79 Å². The van der Waals surface area contributed by atoms with E-state index in [1.807, 2.05) is 11.4 Å². The van der Waals surface area contributed by atoms with Gasteiger partial charge in [0.1, 0.15) is 0 Å². The summed E-state index contributed by atoms with van der Waals surface area (Å²) >= 11 is 1.58. The summed E-state index contributed by atoms with van der Waals surface area (Å²) in [5, 5.41) is 5.26. The van der Waals surface area contributed by atoms with Crippen LogP contribution < -0.4 is 11.1 Å². The van der Waals surface area contributed by atoms with Crippen molar-refractivity contribution < 1.29 is 4.79 Å². The van der Waals surface area contributed by atoms with E-state index in [1.165, 1.54) is 0 Å². The van der Waals surface area contributed by atoms with Crippen LogP contribution in [0, 0.1) is 0 Å². The van der Waals surface area contributed by atoms with E-state index < -0.39 is 0 Å². The summed E-state index contributed by atoms with van der Waals surface area (Å²) in [5.41, 5.74) is 5.80. The molecule has 1 aromatic heterocycles. The topological polar surface area (TPSA) is 55.1 Å². The lowest BCUT2D eigenvalue weighted by Gasteiger charge is -2.09. The number of hydrogen-bond acceptors (Lipinski definition) is 3. The second kappa shape index (κ2) is 4.59. The first kappa shape index (κ1) is 10.4. The van der Waals surface area contributed by atoms with Gasteiger partial charge < -0.3 is 11.1 Å². The van der Waals surface area contributed by atoms with Gasteiger partial charge >= 0.3 is 0 Å². The van der Waals surface area contributed by atoms with Crippen LogP contribution in [-0.2, 0) is 6.54 Å². The molecule has 3 N–H and O–H groups in total. The maximum absolute atomic E-state index is 10.9. The Morgan fingerprint density at radius 2 is 2.27 bits per heavy atom. The molecule has 0 saturated heterocycles. The monoisotopic (exact) mass is 222 g/mol. The molecule has 0 bridgehead atoms. The molecule has 0 radical (unpaired) electrons. The summed E-state index contributed by atoms with van der Waals surface area (Å²) in [6.45, 7) is 0.824. The highest BCUT2D eigenvalue weighted by Gasteiger charge is 2.10. The zero-order chi connectivity index (χ0) is 10.7. The molecule has 1 aliphatic carbocycles. The fourth-order valence-corrected chi connectivity index (χ4v) is 2.46. The van der Waals surface area contributed by atoms with Crippen molar-refractivity contribution in [2.24, 2.45) is 5.73 Å². The number of hydrogen-bond donors (Lipinski definition) is 2. The third-order valence-electron chi connectivity index (χ3n) is 2.51. The van der Waals surface area contributed by atoms with E-state index in [0.29, 0.717) is 11.6 Å². The minimum absolute atomic E-state index is 0.347. The predicted molar refractivity (Wildman–Crippen MR) is 61.8 cm³/mol. The number of carbonyl (C=O) groups excluding carboxylic acids is 1. The fraction of sp³-hybridized carbons (Fsp3) is 0.364. The molecule has 2 rings (SSSR count). The summed E-state index contributed by atoms with van der Waals surface area (Å²) in [4.78, 5) is 12.0. The Morgan fingerprint density at radius 1 is 1.53 bits per heavy atom. The Kier molecular flexibility index (Phi) is 3.18. The fourth-order valence-electron chi connectivity index (χ4n) is 1.63. The van der Waals surface area contributed by atoms with Gasteiger partial charge in [-0.1, -0.05) is 12.2 Å². The molecule has 1 amide bonds. The van der Waals surface area contributed by atoms with E-state index >= 15 is 0 Å². The van der Waals surface area contributed by atoms with Crippen molar-refractivity contribution in [3.63, 3.8) is 0 Å². The highest BCUT2D eigenvalue weighted by molar-refractivity contribution is 7.10. The van der Waals surface area contributed by atoms with Crippen molar-refractivity contribution in [1.29, 1.82) is 0 Å². The van der Waals surface area contributed by atoms with Gasteiger partial charge in [0.05, 0.1) is 5.56 Å². The normalized spacial score (nSPS) is 16.0. The van der Waals surface area contributed by atoms with Gasteiger partial charge in [0.25, 0.3) is 0 Å².